The Morgan fingerprint density at radius 1 is 1.20 bits per heavy atom. The van der Waals surface area contributed by atoms with Gasteiger partial charge in [0.05, 0.1) is 0 Å². The molecular formula is C13H16F4N2O. The lowest BCUT2D eigenvalue weighted by Gasteiger charge is -2.38. The monoisotopic (exact) mass is 292 g/mol. The summed E-state index contributed by atoms with van der Waals surface area (Å²) in [6, 6.07) is 1.21. The van der Waals surface area contributed by atoms with Gasteiger partial charge >= 0.3 is 0 Å². The van der Waals surface area contributed by atoms with Crippen molar-refractivity contribution in [1.82, 2.24) is 10.2 Å². The van der Waals surface area contributed by atoms with Crippen molar-refractivity contribution < 1.29 is 22.7 Å². The first-order valence-corrected chi connectivity index (χ1v) is 6.34. The Bertz CT molecular complexity index is 443. The smallest absolute Gasteiger partial charge is 0.290 e. The zero-order valence-electron chi connectivity index (χ0n) is 10.8. The molecular weight excluding hydrogens is 276 g/mol. The Kier molecular flexibility index (Phi) is 4.62. The van der Waals surface area contributed by atoms with Gasteiger partial charge in [-0.15, -0.1) is 0 Å². The van der Waals surface area contributed by atoms with Crippen LogP contribution in [0.25, 0.3) is 0 Å². The molecule has 3 nitrogen and oxygen atoms in total. The molecule has 1 heterocycles. The number of alkyl halides is 2. The van der Waals surface area contributed by atoms with Crippen LogP contribution in [0.4, 0.5) is 17.6 Å². The second-order valence-electron chi connectivity index (χ2n) is 4.74. The third-order valence-corrected chi connectivity index (χ3v) is 3.40. The normalized spacial score (nSPS) is 19.1. The van der Waals surface area contributed by atoms with Crippen LogP contribution >= 0.6 is 0 Å². The van der Waals surface area contributed by atoms with E-state index in [9.17, 15) is 17.6 Å². The van der Waals surface area contributed by atoms with Crippen LogP contribution in [0, 0.1) is 11.6 Å². The fraction of sp³-hybridized carbons (Fsp3) is 0.538. The van der Waals surface area contributed by atoms with Crippen molar-refractivity contribution >= 4 is 0 Å². The molecule has 1 atom stereocenters. The summed E-state index contributed by atoms with van der Waals surface area (Å²) in [5, 5.41) is 11.9. The molecule has 112 valence electrons. The second-order valence-corrected chi connectivity index (χ2v) is 4.74. The number of aliphatic hydroxyl groups excluding tert-OH is 1. The number of rotatable bonds is 4. The van der Waals surface area contributed by atoms with E-state index in [1.54, 1.807) is 0 Å². The molecule has 0 radical (unpaired) electrons. The molecule has 0 bridgehead atoms. The average molecular weight is 292 g/mol. The number of hydrogen-bond acceptors (Lipinski definition) is 3. The number of nitrogens with zero attached hydrogens (tertiary/aromatic N) is 1. The van der Waals surface area contributed by atoms with Gasteiger partial charge in [-0.1, -0.05) is 6.07 Å². The SMILES string of the molecule is OCC(F)(F)[C@@H](c1c(F)cccc1F)N1CCNCC1. The highest BCUT2D eigenvalue weighted by Gasteiger charge is 2.46. The van der Waals surface area contributed by atoms with E-state index < -0.39 is 35.8 Å². The van der Waals surface area contributed by atoms with E-state index >= 15 is 0 Å². The van der Waals surface area contributed by atoms with Crippen molar-refractivity contribution in [1.29, 1.82) is 0 Å². The number of halogens is 4. The van der Waals surface area contributed by atoms with Crippen LogP contribution in [0.2, 0.25) is 0 Å². The highest BCUT2D eigenvalue weighted by molar-refractivity contribution is 5.26. The summed E-state index contributed by atoms with van der Waals surface area (Å²) in [7, 11) is 0. The third kappa shape index (κ3) is 2.94. The van der Waals surface area contributed by atoms with Crippen molar-refractivity contribution in [3.8, 4) is 0 Å². The van der Waals surface area contributed by atoms with E-state index in [0.29, 0.717) is 13.1 Å². The maximum Gasteiger partial charge on any atom is 0.290 e. The molecule has 2 rings (SSSR count). The first-order chi connectivity index (χ1) is 9.47. The van der Waals surface area contributed by atoms with Crippen molar-refractivity contribution in [2.24, 2.45) is 0 Å². The van der Waals surface area contributed by atoms with Gasteiger partial charge in [-0.3, -0.25) is 4.90 Å². The first-order valence-electron chi connectivity index (χ1n) is 6.34. The summed E-state index contributed by atoms with van der Waals surface area (Å²) in [5.41, 5.74) is -0.687. The molecule has 1 aliphatic heterocycles. The van der Waals surface area contributed by atoms with Crippen molar-refractivity contribution in [2.45, 2.75) is 12.0 Å². The van der Waals surface area contributed by atoms with Crippen molar-refractivity contribution in [2.75, 3.05) is 32.8 Å². The minimum Gasteiger partial charge on any atom is -0.390 e. The highest BCUT2D eigenvalue weighted by Crippen LogP contribution is 2.38. The summed E-state index contributed by atoms with van der Waals surface area (Å²) >= 11 is 0. The molecule has 0 aromatic heterocycles. The third-order valence-electron chi connectivity index (χ3n) is 3.40. The van der Waals surface area contributed by atoms with Gasteiger partial charge in [0, 0.05) is 31.7 Å². The molecule has 0 unspecified atom stereocenters. The van der Waals surface area contributed by atoms with Crippen LogP contribution in [0.3, 0.4) is 0 Å². The fourth-order valence-electron chi connectivity index (χ4n) is 2.46. The summed E-state index contributed by atoms with van der Waals surface area (Å²) in [5.74, 6) is -5.68. The fourth-order valence-corrected chi connectivity index (χ4v) is 2.46. The number of piperazine rings is 1. The number of hydrogen-bond donors (Lipinski definition) is 2. The van der Waals surface area contributed by atoms with E-state index in [0.717, 1.165) is 18.2 Å². The molecule has 0 amide bonds. The van der Waals surface area contributed by atoms with Gasteiger partial charge in [0.25, 0.3) is 5.92 Å². The Balaban J connectivity index is 2.45. The van der Waals surface area contributed by atoms with Gasteiger partial charge in [0.15, 0.2) is 0 Å². The van der Waals surface area contributed by atoms with E-state index in [1.807, 2.05) is 0 Å². The predicted octanol–water partition coefficient (Wildman–Crippen LogP) is 1.54. The van der Waals surface area contributed by atoms with Gasteiger partial charge in [0.1, 0.15) is 24.3 Å². The van der Waals surface area contributed by atoms with E-state index in [4.69, 9.17) is 5.11 Å². The molecule has 2 N–H and O–H groups in total. The molecule has 1 aromatic carbocycles. The highest BCUT2D eigenvalue weighted by atomic mass is 19.3. The van der Waals surface area contributed by atoms with Gasteiger partial charge in [-0.2, -0.15) is 0 Å². The maximum atomic E-state index is 14.0. The Morgan fingerprint density at radius 2 is 1.75 bits per heavy atom. The van der Waals surface area contributed by atoms with Crippen LogP contribution in [0.1, 0.15) is 11.6 Å². The maximum absolute atomic E-state index is 14.0. The lowest BCUT2D eigenvalue weighted by atomic mass is 9.97. The molecule has 1 saturated heterocycles. The van der Waals surface area contributed by atoms with Gasteiger partial charge in [-0.25, -0.2) is 17.6 Å². The Hall–Kier alpha value is -1.18. The van der Waals surface area contributed by atoms with Crippen LogP contribution in [-0.4, -0.2) is 48.7 Å². The number of aliphatic hydroxyl groups is 1. The minimum atomic E-state index is -3.62. The molecule has 7 heteroatoms. The topological polar surface area (TPSA) is 35.5 Å². The van der Waals surface area contributed by atoms with Crippen LogP contribution in [-0.2, 0) is 0 Å². The van der Waals surface area contributed by atoms with Crippen molar-refractivity contribution in [3.63, 3.8) is 0 Å². The molecule has 1 fully saturated rings. The largest absolute Gasteiger partial charge is 0.390 e. The van der Waals surface area contributed by atoms with Crippen LogP contribution < -0.4 is 5.32 Å². The van der Waals surface area contributed by atoms with Gasteiger partial charge in [0.2, 0.25) is 0 Å². The lowest BCUT2D eigenvalue weighted by molar-refractivity contribution is -0.120. The van der Waals surface area contributed by atoms with E-state index in [1.165, 1.54) is 4.90 Å². The lowest BCUT2D eigenvalue weighted by Crippen LogP contribution is -2.51. The number of nitrogens with one attached hydrogen (secondary N) is 1. The summed E-state index contributed by atoms with van der Waals surface area (Å²) in [6.45, 7) is -0.0976. The van der Waals surface area contributed by atoms with Crippen LogP contribution in [0.5, 0.6) is 0 Å². The van der Waals surface area contributed by atoms with E-state index in [2.05, 4.69) is 5.32 Å². The van der Waals surface area contributed by atoms with Crippen LogP contribution in [0.15, 0.2) is 18.2 Å². The molecule has 20 heavy (non-hydrogen) atoms. The molecule has 1 aliphatic rings. The Labute approximate surface area is 114 Å². The Morgan fingerprint density at radius 3 is 2.25 bits per heavy atom. The summed E-state index contributed by atoms with van der Waals surface area (Å²) in [4.78, 5) is 1.30. The zero-order valence-corrected chi connectivity index (χ0v) is 10.8. The predicted molar refractivity (Wildman–Crippen MR) is 65.6 cm³/mol. The minimum absolute atomic E-state index is 0.230. The molecule has 1 aromatic rings. The first kappa shape index (κ1) is 15.2. The molecule has 0 spiro atoms. The zero-order chi connectivity index (χ0) is 14.8. The van der Waals surface area contributed by atoms with Crippen molar-refractivity contribution in [3.05, 3.63) is 35.4 Å². The second kappa shape index (κ2) is 6.07. The standard InChI is InChI=1S/C13H16F4N2O/c14-9-2-1-3-10(15)11(9)12(13(16,17)8-20)19-6-4-18-5-7-19/h1-3,12,18,20H,4-8H2/t12-/m1/s1. The number of benzene rings is 1. The molecule has 0 saturated carbocycles. The van der Waals surface area contributed by atoms with E-state index in [-0.39, 0.29) is 13.1 Å². The van der Waals surface area contributed by atoms with Gasteiger partial charge in [-0.05, 0) is 12.1 Å². The quantitative estimate of drug-likeness (QED) is 0.826. The summed E-state index contributed by atoms with van der Waals surface area (Å²) < 4.78 is 55.7. The van der Waals surface area contributed by atoms with Gasteiger partial charge < -0.3 is 10.4 Å². The average Bonchev–Trinajstić information content (AvgIpc) is 2.43. The summed E-state index contributed by atoms with van der Waals surface area (Å²) in [6.07, 6.45) is 0. The molecule has 0 aliphatic carbocycles.